The highest BCUT2D eigenvalue weighted by atomic mass is 32.2. The Hall–Kier alpha value is -2.62. The summed E-state index contributed by atoms with van der Waals surface area (Å²) in [6.07, 6.45) is 9.32. The predicted octanol–water partition coefficient (Wildman–Crippen LogP) is 5.31. The highest BCUT2D eigenvalue weighted by Gasteiger charge is 2.24. The van der Waals surface area contributed by atoms with Crippen LogP contribution in [0.3, 0.4) is 0 Å². The number of ether oxygens (including phenoxy) is 1. The summed E-state index contributed by atoms with van der Waals surface area (Å²) in [5.74, 6) is 0.542. The smallest absolute Gasteiger partial charge is 0.253 e. The standard InChI is InChI=1S/C33H50N4O4S/c1-2-3-4-5-6-10-25-42(39,40)35-30-13-14-32(31(27-30)33(38)34-17-20-36-21-23-41-24-22-36)37-18-15-29(16-19-37)26-28-11-8-7-9-12-28/h7-9,11-14,27,29,35H,2-6,10,15-26H2,1H3,(H,34,38). The SMILES string of the molecule is CCCCCCCCS(=O)(=O)Nc1ccc(N2CCC(Cc3ccccc3)CC2)c(C(=O)NCCN2CCOCC2)c1. The maximum absolute atomic E-state index is 13.5. The minimum atomic E-state index is -3.49. The molecule has 8 nitrogen and oxygen atoms in total. The number of sulfonamides is 1. The van der Waals surface area contributed by atoms with Crippen molar-refractivity contribution in [3.8, 4) is 0 Å². The average molecular weight is 599 g/mol. The molecule has 0 aliphatic carbocycles. The molecule has 0 atom stereocenters. The lowest BCUT2D eigenvalue weighted by atomic mass is 9.89. The van der Waals surface area contributed by atoms with Crippen LogP contribution in [0.15, 0.2) is 48.5 Å². The first-order chi connectivity index (χ1) is 20.4. The molecule has 2 saturated heterocycles. The quantitative estimate of drug-likeness (QED) is 0.255. The predicted molar refractivity (Wildman–Crippen MR) is 172 cm³/mol. The first-order valence-electron chi connectivity index (χ1n) is 16.0. The number of carbonyl (C=O) groups excluding carboxylic acids is 1. The molecular weight excluding hydrogens is 548 g/mol. The molecule has 232 valence electrons. The number of anilines is 2. The number of hydrogen-bond donors (Lipinski definition) is 2. The van der Waals surface area contributed by atoms with Crippen molar-refractivity contribution >= 4 is 27.3 Å². The molecule has 0 radical (unpaired) electrons. The van der Waals surface area contributed by atoms with Crippen molar-refractivity contribution in [2.24, 2.45) is 5.92 Å². The Kier molecular flexibility index (Phi) is 13.0. The van der Waals surface area contributed by atoms with Gasteiger partial charge < -0.3 is 15.0 Å². The monoisotopic (exact) mass is 598 g/mol. The second-order valence-corrected chi connectivity index (χ2v) is 13.6. The van der Waals surface area contributed by atoms with Crippen LogP contribution in [0.5, 0.6) is 0 Å². The van der Waals surface area contributed by atoms with Crippen LogP contribution in [-0.2, 0) is 21.2 Å². The summed E-state index contributed by atoms with van der Waals surface area (Å²) < 4.78 is 33.9. The molecule has 0 unspecified atom stereocenters. The van der Waals surface area contributed by atoms with E-state index in [-0.39, 0.29) is 11.7 Å². The minimum Gasteiger partial charge on any atom is -0.379 e. The fraction of sp³-hybridized carbons (Fsp3) is 0.606. The van der Waals surface area contributed by atoms with Crippen molar-refractivity contribution in [3.05, 3.63) is 59.7 Å². The Balaban J connectivity index is 1.40. The zero-order valence-corrected chi connectivity index (χ0v) is 26.2. The zero-order chi connectivity index (χ0) is 29.6. The number of benzene rings is 2. The molecule has 2 fully saturated rings. The second-order valence-electron chi connectivity index (χ2n) is 11.8. The number of hydrogen-bond acceptors (Lipinski definition) is 6. The van der Waals surface area contributed by atoms with Gasteiger partial charge in [0, 0.05) is 50.6 Å². The summed E-state index contributed by atoms with van der Waals surface area (Å²) in [7, 11) is -3.49. The molecule has 9 heteroatoms. The Morgan fingerprint density at radius 2 is 1.64 bits per heavy atom. The van der Waals surface area contributed by atoms with E-state index >= 15 is 0 Å². The fourth-order valence-corrected chi connectivity index (χ4v) is 7.11. The summed E-state index contributed by atoms with van der Waals surface area (Å²) in [6.45, 7) is 8.39. The molecule has 0 aromatic heterocycles. The maximum atomic E-state index is 13.5. The molecule has 2 heterocycles. The third kappa shape index (κ3) is 10.6. The molecule has 2 N–H and O–H groups in total. The number of unbranched alkanes of at least 4 members (excludes halogenated alkanes) is 5. The Labute approximate surface area is 253 Å². The van der Waals surface area contributed by atoms with E-state index in [9.17, 15) is 13.2 Å². The molecule has 0 bridgehead atoms. The van der Waals surface area contributed by atoms with E-state index in [0.29, 0.717) is 30.1 Å². The molecule has 2 aromatic carbocycles. The third-order valence-corrected chi connectivity index (χ3v) is 9.79. The highest BCUT2D eigenvalue weighted by Crippen LogP contribution is 2.30. The van der Waals surface area contributed by atoms with Crippen molar-refractivity contribution in [3.63, 3.8) is 0 Å². The summed E-state index contributed by atoms with van der Waals surface area (Å²) in [4.78, 5) is 18.1. The molecule has 0 saturated carbocycles. The minimum absolute atomic E-state index is 0.0941. The van der Waals surface area contributed by atoms with Crippen molar-refractivity contribution < 1.29 is 17.9 Å². The fourth-order valence-electron chi connectivity index (χ4n) is 5.93. The second kappa shape index (κ2) is 16.9. The number of piperidine rings is 1. The van der Waals surface area contributed by atoms with Gasteiger partial charge in [-0.25, -0.2) is 8.42 Å². The van der Waals surface area contributed by atoms with E-state index in [1.165, 1.54) is 18.4 Å². The number of carbonyl (C=O) groups is 1. The lowest BCUT2D eigenvalue weighted by Crippen LogP contribution is -2.41. The average Bonchev–Trinajstić information content (AvgIpc) is 3.00. The molecular formula is C33H50N4O4S. The third-order valence-electron chi connectivity index (χ3n) is 8.42. The van der Waals surface area contributed by atoms with Crippen LogP contribution in [0.2, 0.25) is 0 Å². The van der Waals surface area contributed by atoms with Gasteiger partial charge in [-0.3, -0.25) is 14.4 Å². The van der Waals surface area contributed by atoms with Crippen molar-refractivity contribution in [1.82, 2.24) is 10.2 Å². The number of amides is 1. The molecule has 1 amide bonds. The van der Waals surface area contributed by atoms with Gasteiger partial charge in [-0.15, -0.1) is 0 Å². The number of rotatable bonds is 16. The van der Waals surface area contributed by atoms with E-state index in [1.807, 2.05) is 6.07 Å². The first-order valence-corrected chi connectivity index (χ1v) is 17.6. The Morgan fingerprint density at radius 3 is 2.38 bits per heavy atom. The summed E-state index contributed by atoms with van der Waals surface area (Å²) in [6, 6.07) is 16.1. The Morgan fingerprint density at radius 1 is 0.929 bits per heavy atom. The van der Waals surface area contributed by atoms with Crippen molar-refractivity contribution in [1.29, 1.82) is 0 Å². The van der Waals surface area contributed by atoms with Crippen LogP contribution in [-0.4, -0.2) is 77.5 Å². The van der Waals surface area contributed by atoms with Crippen LogP contribution in [0.1, 0.15) is 74.2 Å². The lowest BCUT2D eigenvalue weighted by molar-refractivity contribution is 0.0383. The van der Waals surface area contributed by atoms with E-state index < -0.39 is 10.0 Å². The van der Waals surface area contributed by atoms with Crippen LogP contribution in [0.25, 0.3) is 0 Å². The molecule has 4 rings (SSSR count). The van der Waals surface area contributed by atoms with Gasteiger partial charge in [0.05, 0.1) is 24.5 Å². The van der Waals surface area contributed by atoms with Gasteiger partial charge in [0.1, 0.15) is 0 Å². The van der Waals surface area contributed by atoms with E-state index in [0.717, 1.165) is 90.1 Å². The van der Waals surface area contributed by atoms with Gasteiger partial charge in [-0.2, -0.15) is 0 Å². The normalized spacial score (nSPS) is 16.8. The van der Waals surface area contributed by atoms with Gasteiger partial charge in [0.25, 0.3) is 5.91 Å². The molecule has 42 heavy (non-hydrogen) atoms. The van der Waals surface area contributed by atoms with Crippen molar-refractivity contribution in [2.45, 2.75) is 64.7 Å². The molecule has 2 aliphatic heterocycles. The number of nitrogens with one attached hydrogen (secondary N) is 2. The van der Waals surface area contributed by atoms with Gasteiger partial charge in [-0.1, -0.05) is 69.4 Å². The lowest BCUT2D eigenvalue weighted by Gasteiger charge is -2.35. The van der Waals surface area contributed by atoms with Gasteiger partial charge in [0.2, 0.25) is 10.0 Å². The number of morpholine rings is 1. The topological polar surface area (TPSA) is 91.0 Å². The van der Waals surface area contributed by atoms with E-state index in [1.54, 1.807) is 12.1 Å². The summed E-state index contributed by atoms with van der Waals surface area (Å²) in [5, 5.41) is 3.09. The van der Waals surface area contributed by atoms with Crippen LogP contribution in [0, 0.1) is 5.92 Å². The van der Waals surface area contributed by atoms with E-state index in [2.05, 4.69) is 57.1 Å². The molecule has 0 spiro atoms. The largest absolute Gasteiger partial charge is 0.379 e. The van der Waals surface area contributed by atoms with Gasteiger partial charge in [0.15, 0.2) is 0 Å². The molecule has 2 aliphatic rings. The van der Waals surface area contributed by atoms with Crippen LogP contribution in [0.4, 0.5) is 11.4 Å². The van der Waals surface area contributed by atoms with Crippen LogP contribution >= 0.6 is 0 Å². The number of nitrogens with zero attached hydrogens (tertiary/aromatic N) is 2. The molecule has 2 aromatic rings. The van der Waals surface area contributed by atoms with Crippen molar-refractivity contribution in [2.75, 3.05) is 67.9 Å². The van der Waals surface area contributed by atoms with E-state index in [4.69, 9.17) is 4.74 Å². The maximum Gasteiger partial charge on any atom is 0.253 e. The Bertz CT molecular complexity index is 1190. The zero-order valence-electron chi connectivity index (χ0n) is 25.4. The summed E-state index contributed by atoms with van der Waals surface area (Å²) >= 11 is 0. The van der Waals surface area contributed by atoms with Gasteiger partial charge in [-0.05, 0) is 55.4 Å². The van der Waals surface area contributed by atoms with Crippen LogP contribution < -0.4 is 14.9 Å². The highest BCUT2D eigenvalue weighted by molar-refractivity contribution is 7.92. The van der Waals surface area contributed by atoms with Gasteiger partial charge >= 0.3 is 0 Å². The summed E-state index contributed by atoms with van der Waals surface area (Å²) in [5.41, 5.74) is 3.21. The first kappa shape index (κ1) is 32.3.